The normalized spacial score (nSPS) is 14.9. The molecule has 0 atom stereocenters. The lowest BCUT2D eigenvalue weighted by Crippen LogP contribution is -2.33. The average Bonchev–Trinajstić information content (AvgIpc) is 2.62. The van der Waals surface area contributed by atoms with Gasteiger partial charge in [0.2, 0.25) is 0 Å². The summed E-state index contributed by atoms with van der Waals surface area (Å²) in [6.45, 7) is 1.45. The van der Waals surface area contributed by atoms with E-state index in [2.05, 4.69) is 4.72 Å². The Morgan fingerprint density at radius 3 is 2.50 bits per heavy atom. The van der Waals surface area contributed by atoms with Gasteiger partial charge >= 0.3 is 5.97 Å². The van der Waals surface area contributed by atoms with Crippen molar-refractivity contribution >= 4 is 39.1 Å². The Bertz CT molecular complexity index is 928. The summed E-state index contributed by atoms with van der Waals surface area (Å²) in [7, 11) is -4.16. The topological polar surface area (TPSA) is 86.7 Å². The Hall–Kier alpha value is -2.26. The molecule has 2 aromatic rings. The van der Waals surface area contributed by atoms with Gasteiger partial charge in [0.05, 0.1) is 11.3 Å². The first kappa shape index (κ1) is 18.5. The maximum absolute atomic E-state index is 13.8. The van der Waals surface area contributed by atoms with Crippen molar-refractivity contribution < 1.29 is 22.7 Å². The van der Waals surface area contributed by atoms with Crippen molar-refractivity contribution in [2.45, 2.75) is 4.90 Å². The number of hydrogen-bond acceptors (Lipinski definition) is 5. The molecule has 1 aliphatic heterocycles. The molecule has 1 heterocycles. The van der Waals surface area contributed by atoms with Gasteiger partial charge in [0.1, 0.15) is 10.7 Å². The summed E-state index contributed by atoms with van der Waals surface area (Å²) in [6, 6.07) is 9.34. The minimum Gasteiger partial charge on any atom is -0.478 e. The molecule has 9 heteroatoms. The number of halogens is 1. The second kappa shape index (κ2) is 7.55. The lowest BCUT2D eigenvalue weighted by molar-refractivity contribution is 0.0697. The molecule has 0 amide bonds. The summed E-state index contributed by atoms with van der Waals surface area (Å²) in [5.74, 6) is -0.215. The van der Waals surface area contributed by atoms with Crippen LogP contribution >= 0.6 is 11.8 Å². The van der Waals surface area contributed by atoms with Crippen molar-refractivity contribution in [2.24, 2.45) is 0 Å². The summed E-state index contributed by atoms with van der Waals surface area (Å²) in [5.41, 5.74) is 0.623. The van der Waals surface area contributed by atoms with Gasteiger partial charge in [-0.05, 0) is 30.3 Å². The molecule has 138 valence electrons. The molecule has 2 N–H and O–H groups in total. The van der Waals surface area contributed by atoms with Crippen LogP contribution in [0, 0.1) is 5.82 Å². The van der Waals surface area contributed by atoms with E-state index in [0.717, 1.165) is 36.7 Å². The van der Waals surface area contributed by atoms with Crippen LogP contribution in [0.25, 0.3) is 0 Å². The first-order valence-corrected chi connectivity index (χ1v) is 10.5. The lowest BCUT2D eigenvalue weighted by atomic mass is 10.1. The molecule has 0 bridgehead atoms. The Labute approximate surface area is 155 Å². The number of carbonyl (C=O) groups is 1. The van der Waals surface area contributed by atoms with Crippen LogP contribution in [0.15, 0.2) is 47.4 Å². The van der Waals surface area contributed by atoms with Crippen LogP contribution in [0.3, 0.4) is 0 Å². The smallest absolute Gasteiger partial charge is 0.337 e. The molecule has 0 aromatic heterocycles. The molecular weight excluding hydrogens is 379 g/mol. The van der Waals surface area contributed by atoms with Crippen LogP contribution in [0.5, 0.6) is 0 Å². The second-order valence-corrected chi connectivity index (χ2v) is 8.55. The quantitative estimate of drug-likeness (QED) is 0.808. The minimum absolute atomic E-state index is 0.00522. The number of rotatable bonds is 5. The Morgan fingerprint density at radius 2 is 1.85 bits per heavy atom. The molecule has 1 fully saturated rings. The van der Waals surface area contributed by atoms with Gasteiger partial charge in [0, 0.05) is 30.3 Å². The molecule has 26 heavy (non-hydrogen) atoms. The molecule has 0 unspecified atom stereocenters. The number of thioether (sulfide) groups is 1. The third kappa shape index (κ3) is 3.94. The van der Waals surface area contributed by atoms with E-state index < -0.39 is 26.7 Å². The largest absolute Gasteiger partial charge is 0.478 e. The summed E-state index contributed by atoms with van der Waals surface area (Å²) in [4.78, 5) is 13.1. The van der Waals surface area contributed by atoms with Crippen LogP contribution in [0.1, 0.15) is 10.4 Å². The van der Waals surface area contributed by atoms with Crippen molar-refractivity contribution in [3.8, 4) is 0 Å². The number of nitrogens with zero attached hydrogens (tertiary/aromatic N) is 1. The maximum atomic E-state index is 13.8. The highest BCUT2D eigenvalue weighted by atomic mass is 32.2. The van der Waals surface area contributed by atoms with Gasteiger partial charge in [0.25, 0.3) is 10.0 Å². The summed E-state index contributed by atoms with van der Waals surface area (Å²) in [5, 5.41) is 9.51. The molecule has 2 aromatic carbocycles. The Morgan fingerprint density at radius 1 is 1.15 bits per heavy atom. The van der Waals surface area contributed by atoms with Gasteiger partial charge in [-0.3, -0.25) is 4.72 Å². The van der Waals surface area contributed by atoms with Crippen molar-refractivity contribution in [1.82, 2.24) is 0 Å². The van der Waals surface area contributed by atoms with Gasteiger partial charge in [0.15, 0.2) is 0 Å². The summed E-state index contributed by atoms with van der Waals surface area (Å²) >= 11 is 1.80. The highest BCUT2D eigenvalue weighted by molar-refractivity contribution is 7.99. The van der Waals surface area contributed by atoms with E-state index in [1.54, 1.807) is 17.8 Å². The zero-order valence-corrected chi connectivity index (χ0v) is 15.3. The van der Waals surface area contributed by atoms with Gasteiger partial charge in [-0.15, -0.1) is 0 Å². The number of benzene rings is 2. The fourth-order valence-corrected chi connectivity index (χ4v) is 4.76. The zero-order chi connectivity index (χ0) is 18.7. The SMILES string of the molecule is O=C(O)c1cc(NS(=O)(=O)c2ccccc2F)ccc1N1CCSCC1. The molecule has 0 aliphatic carbocycles. The molecule has 0 spiro atoms. The van der Waals surface area contributed by atoms with E-state index >= 15 is 0 Å². The predicted octanol–water partition coefficient (Wildman–Crippen LogP) is 2.88. The predicted molar refractivity (Wildman–Crippen MR) is 100 cm³/mol. The Kier molecular flexibility index (Phi) is 5.38. The molecule has 6 nitrogen and oxygen atoms in total. The molecule has 3 rings (SSSR count). The summed E-state index contributed by atoms with van der Waals surface area (Å²) in [6.07, 6.45) is 0. The first-order chi connectivity index (χ1) is 12.4. The van der Waals surface area contributed by atoms with Crippen LogP contribution in [0.2, 0.25) is 0 Å². The number of sulfonamides is 1. The maximum Gasteiger partial charge on any atom is 0.337 e. The number of anilines is 2. The third-order valence-corrected chi connectivity index (χ3v) is 6.31. The monoisotopic (exact) mass is 396 g/mol. The number of carboxylic acids is 1. The van der Waals surface area contributed by atoms with E-state index in [4.69, 9.17) is 0 Å². The summed E-state index contributed by atoms with van der Waals surface area (Å²) < 4.78 is 40.8. The van der Waals surface area contributed by atoms with Crippen molar-refractivity contribution in [2.75, 3.05) is 34.2 Å². The van der Waals surface area contributed by atoms with Gasteiger partial charge < -0.3 is 10.0 Å². The molecular formula is C17H17FN2O4S2. The average molecular weight is 396 g/mol. The van der Waals surface area contributed by atoms with Gasteiger partial charge in [-0.25, -0.2) is 17.6 Å². The second-order valence-electron chi connectivity index (χ2n) is 5.67. The van der Waals surface area contributed by atoms with Gasteiger partial charge in [-0.1, -0.05) is 12.1 Å². The van der Waals surface area contributed by atoms with E-state index in [-0.39, 0.29) is 11.3 Å². The molecule has 0 radical (unpaired) electrons. The fourth-order valence-electron chi connectivity index (χ4n) is 2.72. The molecule has 1 aliphatic rings. The van der Waals surface area contributed by atoms with Crippen LogP contribution in [0.4, 0.5) is 15.8 Å². The third-order valence-electron chi connectivity index (χ3n) is 3.96. The van der Waals surface area contributed by atoms with E-state index in [1.807, 2.05) is 4.90 Å². The highest BCUT2D eigenvalue weighted by Gasteiger charge is 2.22. The Balaban J connectivity index is 1.93. The number of carboxylic acid groups (broad SMARTS) is 1. The zero-order valence-electron chi connectivity index (χ0n) is 13.7. The van der Waals surface area contributed by atoms with Crippen molar-refractivity contribution in [1.29, 1.82) is 0 Å². The molecule has 1 saturated heterocycles. The number of hydrogen-bond donors (Lipinski definition) is 2. The highest BCUT2D eigenvalue weighted by Crippen LogP contribution is 2.28. The van der Waals surface area contributed by atoms with Crippen molar-refractivity contribution in [3.05, 3.63) is 53.8 Å². The van der Waals surface area contributed by atoms with E-state index in [0.29, 0.717) is 5.69 Å². The van der Waals surface area contributed by atoms with Crippen molar-refractivity contribution in [3.63, 3.8) is 0 Å². The fraction of sp³-hybridized carbons (Fsp3) is 0.235. The standard InChI is InChI=1S/C17H17FN2O4S2/c18-14-3-1-2-4-16(14)26(23,24)19-12-5-6-15(13(11-12)17(21)22)20-7-9-25-10-8-20/h1-6,11,19H,7-10H2,(H,21,22). The number of aromatic carboxylic acids is 1. The minimum atomic E-state index is -4.16. The van der Waals surface area contributed by atoms with Crippen LogP contribution in [-0.2, 0) is 10.0 Å². The lowest BCUT2D eigenvalue weighted by Gasteiger charge is -2.29. The first-order valence-electron chi connectivity index (χ1n) is 7.86. The van der Waals surface area contributed by atoms with Gasteiger partial charge in [-0.2, -0.15) is 11.8 Å². The van der Waals surface area contributed by atoms with Crippen LogP contribution in [-0.4, -0.2) is 44.1 Å². The molecule has 0 saturated carbocycles. The van der Waals surface area contributed by atoms with E-state index in [9.17, 15) is 22.7 Å². The van der Waals surface area contributed by atoms with Crippen LogP contribution < -0.4 is 9.62 Å². The number of nitrogens with one attached hydrogen (secondary N) is 1. The van der Waals surface area contributed by atoms with E-state index in [1.165, 1.54) is 24.3 Å².